The Balaban J connectivity index is 0.000000305. The highest BCUT2D eigenvalue weighted by molar-refractivity contribution is 5.95. The number of carboxylic acid groups (broad SMARTS) is 1. The van der Waals surface area contributed by atoms with Gasteiger partial charge in [-0.15, -0.1) is 0 Å². The zero-order valence-corrected chi connectivity index (χ0v) is 30.7. The summed E-state index contributed by atoms with van der Waals surface area (Å²) >= 11 is 0. The number of benzene rings is 1. The van der Waals surface area contributed by atoms with Gasteiger partial charge in [0.15, 0.2) is 0 Å². The average Bonchev–Trinajstić information content (AvgIpc) is 3.77. The number of ether oxygens (including phenoxy) is 3. The number of likely N-dealkylation sites (tertiary alicyclic amines) is 2. The van der Waals surface area contributed by atoms with Gasteiger partial charge in [-0.1, -0.05) is 37.3 Å². The summed E-state index contributed by atoms with van der Waals surface area (Å²) in [6, 6.07) is 7.70. The van der Waals surface area contributed by atoms with Crippen molar-refractivity contribution in [3.8, 4) is 0 Å². The van der Waals surface area contributed by atoms with Crippen LogP contribution in [0.2, 0.25) is 0 Å². The van der Waals surface area contributed by atoms with Crippen molar-refractivity contribution in [1.29, 1.82) is 0 Å². The molecule has 0 aromatic heterocycles. The summed E-state index contributed by atoms with van der Waals surface area (Å²) in [5.74, 6) is -3.38. The first-order valence-corrected chi connectivity index (χ1v) is 17.3. The lowest BCUT2D eigenvalue weighted by molar-refractivity contribution is -0.146. The third-order valence-electron chi connectivity index (χ3n) is 9.08. The third kappa shape index (κ3) is 10.1. The molecule has 4 rings (SSSR count). The maximum Gasteiger partial charge on any atom is 0.417 e. The summed E-state index contributed by atoms with van der Waals surface area (Å²) in [4.78, 5) is 65.2. The molecular weight excluding hydrogens is 650 g/mol. The van der Waals surface area contributed by atoms with Crippen LogP contribution in [0.1, 0.15) is 99.7 Å². The Labute approximate surface area is 294 Å². The monoisotopic (exact) mass is 705 g/mol. The Kier molecular flexibility index (Phi) is 13.3. The van der Waals surface area contributed by atoms with Gasteiger partial charge in [0.25, 0.3) is 0 Å². The standard InChI is InChI=1S/C23H32N2O6.C13H23NO5/c1-14(18(26)17-12-9-13-24(17)21(28)31-23(3,4)5)20(27)25-15(2)19(30-22(25)29)16-10-7-6-8-11-16;1-8(11(16)17)10(15)9-6-5-7-14(9)12(18)19-13(2,3)4/h6-8,10-11,14-15,17-19,26H,9,12-13H2,1-5H3;8-10,15H,5-7H2,1-4H3,(H,16,17)/t14-,15-,17+,18-,19?;8-,9+,10-/m11/s1. The van der Waals surface area contributed by atoms with Crippen molar-refractivity contribution in [2.24, 2.45) is 11.8 Å². The second-order valence-corrected chi connectivity index (χ2v) is 15.3. The van der Waals surface area contributed by atoms with Gasteiger partial charge in [-0.3, -0.25) is 9.59 Å². The number of carbonyl (C=O) groups is 5. The van der Waals surface area contributed by atoms with Gasteiger partial charge in [-0.2, -0.15) is 0 Å². The molecule has 14 heteroatoms. The van der Waals surface area contributed by atoms with Crippen LogP contribution >= 0.6 is 0 Å². The van der Waals surface area contributed by atoms with E-state index in [2.05, 4.69) is 0 Å². The number of aliphatic hydroxyl groups excluding tert-OH is 2. The quantitative estimate of drug-likeness (QED) is 0.326. The molecule has 3 fully saturated rings. The first-order valence-electron chi connectivity index (χ1n) is 17.3. The number of rotatable bonds is 7. The number of hydrogen-bond acceptors (Lipinski definition) is 10. The molecule has 3 aliphatic heterocycles. The van der Waals surface area contributed by atoms with Crippen molar-refractivity contribution in [1.82, 2.24) is 14.7 Å². The summed E-state index contributed by atoms with van der Waals surface area (Å²) < 4.78 is 16.2. The summed E-state index contributed by atoms with van der Waals surface area (Å²) in [6.07, 6.45) is -1.88. The van der Waals surface area contributed by atoms with E-state index in [0.717, 1.165) is 16.9 Å². The van der Waals surface area contributed by atoms with E-state index in [-0.39, 0.29) is 0 Å². The number of nitrogens with zero attached hydrogens (tertiary/aromatic N) is 3. The van der Waals surface area contributed by atoms with E-state index >= 15 is 0 Å². The summed E-state index contributed by atoms with van der Waals surface area (Å²) in [6.45, 7) is 16.4. The zero-order valence-electron chi connectivity index (χ0n) is 30.7. The van der Waals surface area contributed by atoms with Gasteiger partial charge in [0, 0.05) is 13.1 Å². The molecule has 0 aliphatic carbocycles. The number of aliphatic hydroxyl groups is 2. The van der Waals surface area contributed by atoms with E-state index in [1.54, 1.807) is 55.4 Å². The van der Waals surface area contributed by atoms with E-state index in [4.69, 9.17) is 19.3 Å². The fourth-order valence-corrected chi connectivity index (χ4v) is 6.41. The number of imide groups is 1. The molecule has 1 aromatic rings. The van der Waals surface area contributed by atoms with Gasteiger partial charge in [0.2, 0.25) is 5.91 Å². The van der Waals surface area contributed by atoms with E-state index in [1.165, 1.54) is 16.7 Å². The van der Waals surface area contributed by atoms with Crippen LogP contribution in [0.25, 0.3) is 0 Å². The molecule has 14 nitrogen and oxygen atoms in total. The number of amides is 4. The normalized spacial score (nSPS) is 24.8. The van der Waals surface area contributed by atoms with Crippen molar-refractivity contribution < 1.29 is 53.5 Å². The highest BCUT2D eigenvalue weighted by atomic mass is 16.6. The molecule has 8 atom stereocenters. The van der Waals surface area contributed by atoms with Crippen molar-refractivity contribution in [2.75, 3.05) is 13.1 Å². The SMILES string of the molecule is C[C@@H](C(=O)O)[C@@H](O)[C@@H]1CCCN1C(=O)OC(C)(C)C.C[C@@H]1C(c2ccccc2)OC(=O)N1C(=O)[C@H](C)[C@@H](O)[C@@H]1CCCN1C(=O)OC(C)(C)C. The molecule has 3 heterocycles. The lowest BCUT2D eigenvalue weighted by atomic mass is 9.94. The number of hydrogen-bond donors (Lipinski definition) is 3. The van der Waals surface area contributed by atoms with Crippen LogP contribution in [-0.4, -0.2) is 115 Å². The maximum atomic E-state index is 13.2. The minimum atomic E-state index is -1.13. The predicted octanol–water partition coefficient (Wildman–Crippen LogP) is 4.96. The molecule has 0 spiro atoms. The Hall–Kier alpha value is -3.91. The van der Waals surface area contributed by atoms with E-state index in [0.29, 0.717) is 32.4 Å². The summed E-state index contributed by atoms with van der Waals surface area (Å²) in [7, 11) is 0. The Morgan fingerprint density at radius 1 is 0.800 bits per heavy atom. The molecule has 3 saturated heterocycles. The van der Waals surface area contributed by atoms with Crippen LogP contribution in [0.15, 0.2) is 30.3 Å². The minimum absolute atomic E-state index is 0.454. The molecule has 1 unspecified atom stereocenters. The maximum absolute atomic E-state index is 13.2. The van der Waals surface area contributed by atoms with Gasteiger partial charge in [0.05, 0.1) is 42.2 Å². The molecule has 280 valence electrons. The molecule has 0 bridgehead atoms. The summed E-state index contributed by atoms with van der Waals surface area (Å²) in [5, 5.41) is 30.0. The lowest BCUT2D eigenvalue weighted by Crippen LogP contribution is -2.51. The number of cyclic esters (lactones) is 1. The smallest absolute Gasteiger partial charge is 0.417 e. The minimum Gasteiger partial charge on any atom is -0.481 e. The van der Waals surface area contributed by atoms with Gasteiger partial charge in [-0.05, 0) is 86.6 Å². The van der Waals surface area contributed by atoms with Crippen LogP contribution in [0, 0.1) is 11.8 Å². The van der Waals surface area contributed by atoms with Crippen molar-refractivity contribution in [3.63, 3.8) is 0 Å². The van der Waals surface area contributed by atoms with E-state index < -0.39 is 89.6 Å². The Morgan fingerprint density at radius 3 is 1.66 bits per heavy atom. The number of carboxylic acids is 1. The molecule has 0 radical (unpaired) electrons. The Bertz CT molecular complexity index is 1360. The molecule has 4 amide bonds. The number of carbonyl (C=O) groups excluding carboxylic acids is 4. The fraction of sp³-hybridized carbons (Fsp3) is 0.694. The molecular formula is C36H55N3O11. The number of aliphatic carboxylic acids is 1. The van der Waals surface area contributed by atoms with Gasteiger partial charge < -0.3 is 39.3 Å². The highest BCUT2D eigenvalue weighted by Crippen LogP contribution is 2.35. The predicted molar refractivity (Wildman–Crippen MR) is 182 cm³/mol. The lowest BCUT2D eigenvalue weighted by Gasteiger charge is -2.34. The van der Waals surface area contributed by atoms with Crippen LogP contribution in [0.3, 0.4) is 0 Å². The zero-order chi connectivity index (χ0) is 37.7. The largest absolute Gasteiger partial charge is 0.481 e. The van der Waals surface area contributed by atoms with Gasteiger partial charge in [0.1, 0.15) is 17.3 Å². The molecule has 50 heavy (non-hydrogen) atoms. The van der Waals surface area contributed by atoms with Crippen molar-refractivity contribution in [3.05, 3.63) is 35.9 Å². The van der Waals surface area contributed by atoms with Gasteiger partial charge in [-0.25, -0.2) is 19.3 Å². The molecule has 3 aliphatic rings. The third-order valence-corrected chi connectivity index (χ3v) is 9.08. The highest BCUT2D eigenvalue weighted by Gasteiger charge is 2.48. The van der Waals surface area contributed by atoms with E-state index in [1.807, 2.05) is 30.3 Å². The molecule has 1 aromatic carbocycles. The second-order valence-electron chi connectivity index (χ2n) is 15.3. The molecule has 3 N–H and O–H groups in total. The molecule has 0 saturated carbocycles. The van der Waals surface area contributed by atoms with Gasteiger partial charge >= 0.3 is 24.2 Å². The first-order chi connectivity index (χ1) is 23.1. The van der Waals surface area contributed by atoms with Crippen LogP contribution < -0.4 is 0 Å². The van der Waals surface area contributed by atoms with Crippen molar-refractivity contribution in [2.45, 2.75) is 136 Å². The van der Waals surface area contributed by atoms with Crippen LogP contribution in [0.5, 0.6) is 0 Å². The second kappa shape index (κ2) is 16.4. The first kappa shape index (κ1) is 40.5. The fourth-order valence-electron chi connectivity index (χ4n) is 6.41. The summed E-state index contributed by atoms with van der Waals surface area (Å²) in [5.41, 5.74) is -0.454. The van der Waals surface area contributed by atoms with Crippen molar-refractivity contribution >= 4 is 30.2 Å². The van der Waals surface area contributed by atoms with Crippen LogP contribution in [0.4, 0.5) is 14.4 Å². The Morgan fingerprint density at radius 2 is 1.24 bits per heavy atom. The topological polar surface area (TPSA) is 183 Å². The van der Waals surface area contributed by atoms with E-state index in [9.17, 15) is 34.2 Å². The average molecular weight is 706 g/mol. The van der Waals surface area contributed by atoms with Crippen LogP contribution in [-0.2, 0) is 23.8 Å².